The maximum absolute atomic E-state index is 12.5. The largest absolute Gasteiger partial charge is 0.349 e. The van der Waals surface area contributed by atoms with Crippen LogP contribution in [-0.2, 0) is 6.54 Å². The Morgan fingerprint density at radius 3 is 2.72 bits per heavy atom. The van der Waals surface area contributed by atoms with Crippen molar-refractivity contribution in [1.82, 2.24) is 20.4 Å². The van der Waals surface area contributed by atoms with E-state index in [1.807, 2.05) is 16.9 Å². The van der Waals surface area contributed by atoms with Crippen LogP contribution in [0.5, 0.6) is 0 Å². The van der Waals surface area contributed by atoms with Gasteiger partial charge in [-0.2, -0.15) is 5.10 Å². The minimum Gasteiger partial charge on any atom is -0.349 e. The zero-order valence-corrected chi connectivity index (χ0v) is 17.4. The first-order valence-electron chi connectivity index (χ1n) is 9.84. The van der Waals surface area contributed by atoms with Crippen LogP contribution < -0.4 is 15.5 Å². The quantitative estimate of drug-likeness (QED) is 0.750. The van der Waals surface area contributed by atoms with Crippen molar-refractivity contribution in [2.75, 3.05) is 18.0 Å². The van der Waals surface area contributed by atoms with Gasteiger partial charge in [-0.3, -0.25) is 14.4 Å². The van der Waals surface area contributed by atoms with Gasteiger partial charge in [0, 0.05) is 43.0 Å². The molecule has 9 heteroatoms. The maximum atomic E-state index is 12.5. The van der Waals surface area contributed by atoms with E-state index in [-0.39, 0.29) is 18.0 Å². The summed E-state index contributed by atoms with van der Waals surface area (Å²) in [6.45, 7) is 2.12. The van der Waals surface area contributed by atoms with Crippen molar-refractivity contribution < 1.29 is 9.59 Å². The van der Waals surface area contributed by atoms with E-state index in [1.54, 1.807) is 23.1 Å². The number of carbonyl (C=O) groups excluding carboxylic acids is 2. The van der Waals surface area contributed by atoms with Gasteiger partial charge in [0.2, 0.25) is 0 Å². The topological polar surface area (TPSA) is 79.3 Å². The molecule has 0 spiro atoms. The molecular weight excluding hydrogens is 413 g/mol. The molecule has 2 fully saturated rings. The Morgan fingerprint density at radius 2 is 2.00 bits per heavy atom. The van der Waals surface area contributed by atoms with Crippen LogP contribution in [0, 0.1) is 5.92 Å². The van der Waals surface area contributed by atoms with Crippen molar-refractivity contribution in [3.63, 3.8) is 0 Å². The maximum Gasteiger partial charge on any atom is 0.323 e. The second kappa shape index (κ2) is 8.63. The van der Waals surface area contributed by atoms with Crippen LogP contribution in [0.25, 0.3) is 0 Å². The molecule has 0 bridgehead atoms. The van der Waals surface area contributed by atoms with E-state index in [4.69, 9.17) is 23.2 Å². The lowest BCUT2D eigenvalue weighted by Crippen LogP contribution is -2.38. The van der Waals surface area contributed by atoms with E-state index in [0.717, 1.165) is 32.2 Å². The van der Waals surface area contributed by atoms with Gasteiger partial charge in [0.15, 0.2) is 5.82 Å². The van der Waals surface area contributed by atoms with Crippen molar-refractivity contribution in [3.8, 4) is 0 Å². The Labute approximate surface area is 179 Å². The molecular formula is C20H23Cl2N5O2. The standard InChI is InChI=1S/C20H23Cl2N5O2/c21-14-3-6-17(22)16(11-14)19(28)24-15-4-1-13(2-5-15)12-26-9-7-18(25-26)27-10-8-23-20(27)29/h3,6-7,9,11,13,15H,1-2,4-5,8,10,12H2,(H,23,29)(H,24,28)/t13-,15-. The molecule has 1 aromatic carbocycles. The van der Waals surface area contributed by atoms with Crippen LogP contribution in [0.3, 0.4) is 0 Å². The van der Waals surface area contributed by atoms with Gasteiger partial charge in [-0.15, -0.1) is 0 Å². The second-order valence-electron chi connectivity index (χ2n) is 7.59. The third-order valence-electron chi connectivity index (χ3n) is 5.56. The molecule has 1 aliphatic carbocycles. The van der Waals surface area contributed by atoms with Gasteiger partial charge in [0.1, 0.15) is 0 Å². The highest BCUT2D eigenvalue weighted by Crippen LogP contribution is 2.27. The molecule has 0 radical (unpaired) electrons. The van der Waals surface area contributed by atoms with Crippen molar-refractivity contribution >= 4 is 41.0 Å². The van der Waals surface area contributed by atoms with E-state index in [9.17, 15) is 9.59 Å². The third-order valence-corrected chi connectivity index (χ3v) is 6.12. The summed E-state index contributed by atoms with van der Waals surface area (Å²) >= 11 is 12.1. The third kappa shape index (κ3) is 4.67. The van der Waals surface area contributed by atoms with Crippen molar-refractivity contribution in [3.05, 3.63) is 46.1 Å². The van der Waals surface area contributed by atoms with Gasteiger partial charge >= 0.3 is 6.03 Å². The Kier molecular flexibility index (Phi) is 5.96. The SMILES string of the molecule is O=C(N[C@H]1CC[C@H](Cn2ccc(N3CCNC3=O)n2)CC1)c1cc(Cl)ccc1Cl. The molecule has 4 rings (SSSR count). The molecule has 1 aromatic heterocycles. The first-order valence-corrected chi connectivity index (χ1v) is 10.6. The molecule has 0 atom stereocenters. The molecule has 29 heavy (non-hydrogen) atoms. The Hall–Kier alpha value is -2.25. The van der Waals surface area contributed by atoms with Crippen LogP contribution in [-0.4, -0.2) is 40.9 Å². The lowest BCUT2D eigenvalue weighted by Gasteiger charge is -2.29. The average Bonchev–Trinajstić information content (AvgIpc) is 3.33. The fourth-order valence-electron chi connectivity index (χ4n) is 3.98. The highest BCUT2D eigenvalue weighted by atomic mass is 35.5. The smallest absolute Gasteiger partial charge is 0.323 e. The van der Waals surface area contributed by atoms with Crippen LogP contribution in [0.15, 0.2) is 30.5 Å². The number of benzene rings is 1. The summed E-state index contributed by atoms with van der Waals surface area (Å²) in [6.07, 6.45) is 5.77. The number of hydrogen-bond donors (Lipinski definition) is 2. The highest BCUT2D eigenvalue weighted by Gasteiger charge is 2.26. The summed E-state index contributed by atoms with van der Waals surface area (Å²) in [4.78, 5) is 25.9. The van der Waals surface area contributed by atoms with Crippen molar-refractivity contribution in [2.45, 2.75) is 38.3 Å². The molecule has 2 aromatic rings. The minimum absolute atomic E-state index is 0.0914. The van der Waals surface area contributed by atoms with Crippen LogP contribution in [0.1, 0.15) is 36.0 Å². The second-order valence-corrected chi connectivity index (χ2v) is 8.44. The number of nitrogens with one attached hydrogen (secondary N) is 2. The number of amides is 3. The molecule has 0 unspecified atom stereocenters. The number of carbonyl (C=O) groups is 2. The van der Waals surface area contributed by atoms with Gasteiger partial charge in [-0.1, -0.05) is 23.2 Å². The van der Waals surface area contributed by atoms with Gasteiger partial charge in [0.25, 0.3) is 5.91 Å². The normalized spacial score (nSPS) is 21.9. The Morgan fingerprint density at radius 1 is 1.21 bits per heavy atom. The minimum atomic E-state index is -0.179. The van der Waals surface area contributed by atoms with Gasteiger partial charge in [0.05, 0.1) is 10.6 Å². The summed E-state index contributed by atoms with van der Waals surface area (Å²) in [5, 5.41) is 11.3. The van der Waals surface area contributed by atoms with E-state index >= 15 is 0 Å². The van der Waals surface area contributed by atoms with Gasteiger partial charge in [-0.05, 0) is 49.8 Å². The molecule has 2 aliphatic rings. The number of urea groups is 1. The zero-order chi connectivity index (χ0) is 20.4. The Bertz CT molecular complexity index is 908. The number of halogens is 2. The van der Waals surface area contributed by atoms with Gasteiger partial charge in [-0.25, -0.2) is 4.79 Å². The van der Waals surface area contributed by atoms with Crippen LogP contribution in [0.4, 0.5) is 10.6 Å². The molecule has 1 saturated heterocycles. The number of anilines is 1. The van der Waals surface area contributed by atoms with Crippen LogP contribution >= 0.6 is 23.2 Å². The zero-order valence-electron chi connectivity index (χ0n) is 15.9. The van der Waals surface area contributed by atoms with Gasteiger partial charge < -0.3 is 10.6 Å². The Balaban J connectivity index is 1.27. The lowest BCUT2D eigenvalue weighted by atomic mass is 9.86. The first-order chi connectivity index (χ1) is 14.0. The monoisotopic (exact) mass is 435 g/mol. The molecule has 3 amide bonds. The van der Waals surface area contributed by atoms with Crippen LogP contribution in [0.2, 0.25) is 10.0 Å². The molecule has 2 heterocycles. The molecule has 1 saturated carbocycles. The number of rotatable bonds is 5. The summed E-state index contributed by atoms with van der Waals surface area (Å²) in [6, 6.07) is 6.83. The number of aromatic nitrogens is 2. The predicted octanol–water partition coefficient (Wildman–Crippen LogP) is 3.71. The summed E-state index contributed by atoms with van der Waals surface area (Å²) in [7, 11) is 0. The van der Waals surface area contributed by atoms with E-state index < -0.39 is 0 Å². The summed E-state index contributed by atoms with van der Waals surface area (Å²) in [5.74, 6) is 1.01. The van der Waals surface area contributed by atoms with E-state index in [2.05, 4.69) is 15.7 Å². The fourth-order valence-corrected chi connectivity index (χ4v) is 4.35. The van der Waals surface area contributed by atoms with E-state index in [0.29, 0.717) is 40.4 Å². The number of nitrogens with zero attached hydrogens (tertiary/aromatic N) is 3. The highest BCUT2D eigenvalue weighted by molar-refractivity contribution is 6.35. The van der Waals surface area contributed by atoms with Crippen molar-refractivity contribution in [2.24, 2.45) is 5.92 Å². The molecule has 154 valence electrons. The average molecular weight is 436 g/mol. The summed E-state index contributed by atoms with van der Waals surface area (Å²) in [5.41, 5.74) is 0.413. The van der Waals surface area contributed by atoms with E-state index in [1.165, 1.54) is 0 Å². The molecule has 1 aliphatic heterocycles. The summed E-state index contributed by atoms with van der Waals surface area (Å²) < 4.78 is 1.91. The molecule has 7 nitrogen and oxygen atoms in total. The lowest BCUT2D eigenvalue weighted by molar-refractivity contribution is 0.0920. The predicted molar refractivity (Wildman–Crippen MR) is 113 cm³/mol. The molecule has 2 N–H and O–H groups in total. The first kappa shape index (κ1) is 20.0. The van der Waals surface area contributed by atoms with Crippen molar-refractivity contribution in [1.29, 1.82) is 0 Å². The number of hydrogen-bond acceptors (Lipinski definition) is 3. The fraction of sp³-hybridized carbons (Fsp3) is 0.450.